The first-order chi connectivity index (χ1) is 13.0. The minimum atomic E-state index is -0.555. The first kappa shape index (κ1) is 18.9. The summed E-state index contributed by atoms with van der Waals surface area (Å²) in [5.74, 6) is -0.317. The van der Waals surface area contributed by atoms with Gasteiger partial charge < -0.3 is 10.2 Å². The Bertz CT molecular complexity index is 829. The normalized spacial score (nSPS) is 17.2. The van der Waals surface area contributed by atoms with E-state index in [4.69, 9.17) is 0 Å². The summed E-state index contributed by atoms with van der Waals surface area (Å²) in [5, 5.41) is 2.77. The van der Waals surface area contributed by atoms with Crippen LogP contribution in [0.25, 0.3) is 6.08 Å². The van der Waals surface area contributed by atoms with Crippen molar-refractivity contribution in [2.45, 2.75) is 38.3 Å². The molecule has 2 atom stereocenters. The van der Waals surface area contributed by atoms with Crippen LogP contribution in [0.4, 0.5) is 0 Å². The molecule has 2 aromatic rings. The van der Waals surface area contributed by atoms with E-state index in [1.165, 1.54) is 17.2 Å². The van der Waals surface area contributed by atoms with E-state index < -0.39 is 6.04 Å². The van der Waals surface area contributed by atoms with Crippen LogP contribution in [0.2, 0.25) is 0 Å². The van der Waals surface area contributed by atoms with Gasteiger partial charge in [-0.1, -0.05) is 54.6 Å². The topological polar surface area (TPSA) is 49.4 Å². The van der Waals surface area contributed by atoms with Crippen LogP contribution in [-0.4, -0.2) is 35.8 Å². The highest BCUT2D eigenvalue weighted by Gasteiger charge is 2.27. The molecule has 0 aromatic heterocycles. The molecule has 4 nitrogen and oxygen atoms in total. The Kier molecular flexibility index (Phi) is 6.07. The van der Waals surface area contributed by atoms with E-state index in [9.17, 15) is 9.59 Å². The average molecular weight is 362 g/mol. The third-order valence-corrected chi connectivity index (χ3v) is 5.17. The van der Waals surface area contributed by atoms with Crippen molar-refractivity contribution in [3.05, 3.63) is 77.4 Å². The van der Waals surface area contributed by atoms with Gasteiger partial charge in [-0.3, -0.25) is 9.59 Å². The monoisotopic (exact) mass is 362 g/mol. The van der Waals surface area contributed by atoms with Crippen molar-refractivity contribution < 1.29 is 9.59 Å². The second kappa shape index (κ2) is 8.67. The predicted octanol–water partition coefficient (Wildman–Crippen LogP) is 3.22. The molecule has 0 spiro atoms. The summed E-state index contributed by atoms with van der Waals surface area (Å²) in [7, 11) is 1.84. The van der Waals surface area contributed by atoms with E-state index >= 15 is 0 Å². The minimum absolute atomic E-state index is 0.0548. The van der Waals surface area contributed by atoms with Gasteiger partial charge in [0.2, 0.25) is 11.8 Å². The predicted molar refractivity (Wildman–Crippen MR) is 108 cm³/mol. The smallest absolute Gasteiger partial charge is 0.244 e. The molecule has 2 unspecified atom stereocenters. The largest absolute Gasteiger partial charge is 0.341 e. The minimum Gasteiger partial charge on any atom is -0.341 e. The molecule has 1 aliphatic carbocycles. The molecular formula is C23H26N2O2. The van der Waals surface area contributed by atoms with Gasteiger partial charge >= 0.3 is 0 Å². The summed E-state index contributed by atoms with van der Waals surface area (Å²) in [5.41, 5.74) is 3.64. The molecule has 0 fully saturated rings. The van der Waals surface area contributed by atoms with E-state index in [1.54, 1.807) is 17.9 Å². The quantitative estimate of drug-likeness (QED) is 0.831. The van der Waals surface area contributed by atoms with Crippen LogP contribution in [0.3, 0.4) is 0 Å². The van der Waals surface area contributed by atoms with Crippen LogP contribution in [-0.2, 0) is 22.4 Å². The van der Waals surface area contributed by atoms with E-state index in [0.29, 0.717) is 0 Å². The highest BCUT2D eigenvalue weighted by molar-refractivity contribution is 5.95. The molecule has 1 N–H and O–H groups in total. The van der Waals surface area contributed by atoms with Crippen molar-refractivity contribution >= 4 is 17.9 Å². The molecule has 4 heteroatoms. The summed E-state index contributed by atoms with van der Waals surface area (Å²) in [6.07, 6.45) is 6.02. The number of fused-ring (bicyclic) bond motifs is 1. The standard InChI is InChI=1S/C23H26N2O2/c1-17(24-22(26)15-12-18-8-4-3-5-9-18)23(27)25(2)21-14-13-19-10-6-7-11-20(19)16-21/h3-12,15,17,21H,13-14,16H2,1-2H3,(H,24,26)/b15-12+. The number of carbonyl (C=O) groups is 2. The fourth-order valence-corrected chi connectivity index (χ4v) is 3.55. The Morgan fingerprint density at radius 2 is 1.74 bits per heavy atom. The van der Waals surface area contributed by atoms with Crippen molar-refractivity contribution in [3.63, 3.8) is 0 Å². The maximum atomic E-state index is 12.8. The number of hydrogen-bond donors (Lipinski definition) is 1. The molecular weight excluding hydrogens is 336 g/mol. The highest BCUT2D eigenvalue weighted by atomic mass is 16.2. The summed E-state index contributed by atoms with van der Waals surface area (Å²) < 4.78 is 0. The van der Waals surface area contributed by atoms with Crippen LogP contribution in [0.15, 0.2) is 60.7 Å². The van der Waals surface area contributed by atoms with Crippen LogP contribution < -0.4 is 5.32 Å². The number of amides is 2. The summed E-state index contributed by atoms with van der Waals surface area (Å²) >= 11 is 0. The van der Waals surface area contributed by atoms with Crippen molar-refractivity contribution in [3.8, 4) is 0 Å². The van der Waals surface area contributed by atoms with Gasteiger partial charge in [0.05, 0.1) is 0 Å². The molecule has 2 aromatic carbocycles. The molecule has 27 heavy (non-hydrogen) atoms. The number of aryl methyl sites for hydroxylation is 1. The lowest BCUT2D eigenvalue weighted by atomic mass is 9.87. The molecule has 1 aliphatic rings. The van der Waals surface area contributed by atoms with Gasteiger partial charge in [0.25, 0.3) is 0 Å². The second-order valence-electron chi connectivity index (χ2n) is 7.09. The Morgan fingerprint density at radius 1 is 1.07 bits per heavy atom. The zero-order valence-electron chi connectivity index (χ0n) is 15.9. The third kappa shape index (κ3) is 4.85. The number of rotatable bonds is 5. The highest BCUT2D eigenvalue weighted by Crippen LogP contribution is 2.24. The van der Waals surface area contributed by atoms with Gasteiger partial charge in [0.1, 0.15) is 6.04 Å². The average Bonchev–Trinajstić information content (AvgIpc) is 2.71. The van der Waals surface area contributed by atoms with E-state index in [1.807, 2.05) is 43.4 Å². The van der Waals surface area contributed by atoms with Crippen LogP contribution >= 0.6 is 0 Å². The van der Waals surface area contributed by atoms with Gasteiger partial charge in [0.15, 0.2) is 0 Å². The maximum Gasteiger partial charge on any atom is 0.244 e. The van der Waals surface area contributed by atoms with Crippen LogP contribution in [0.5, 0.6) is 0 Å². The molecule has 0 bridgehead atoms. The molecule has 0 saturated carbocycles. The number of benzene rings is 2. The van der Waals surface area contributed by atoms with Gasteiger partial charge in [-0.2, -0.15) is 0 Å². The molecule has 3 rings (SSSR count). The number of carbonyl (C=O) groups excluding carboxylic acids is 2. The molecule has 2 amide bonds. The van der Waals surface area contributed by atoms with E-state index in [0.717, 1.165) is 24.8 Å². The second-order valence-corrected chi connectivity index (χ2v) is 7.09. The van der Waals surface area contributed by atoms with Crippen molar-refractivity contribution in [1.29, 1.82) is 0 Å². The lowest BCUT2D eigenvalue weighted by molar-refractivity contribution is -0.136. The molecule has 0 heterocycles. The summed E-state index contributed by atoms with van der Waals surface area (Å²) in [6.45, 7) is 1.74. The summed E-state index contributed by atoms with van der Waals surface area (Å²) in [4.78, 5) is 26.7. The Labute approximate surface area is 160 Å². The van der Waals surface area contributed by atoms with Gasteiger partial charge in [-0.05, 0) is 49.0 Å². The summed E-state index contributed by atoms with van der Waals surface area (Å²) in [6, 6.07) is 17.6. The lowest BCUT2D eigenvalue weighted by Gasteiger charge is -2.34. The molecule has 140 valence electrons. The number of hydrogen-bond acceptors (Lipinski definition) is 2. The van der Waals surface area contributed by atoms with E-state index in [2.05, 4.69) is 23.5 Å². The fourth-order valence-electron chi connectivity index (χ4n) is 3.55. The Hall–Kier alpha value is -2.88. The first-order valence-electron chi connectivity index (χ1n) is 9.41. The van der Waals surface area contributed by atoms with Crippen molar-refractivity contribution in [2.75, 3.05) is 7.05 Å². The third-order valence-electron chi connectivity index (χ3n) is 5.17. The number of nitrogens with one attached hydrogen (secondary N) is 1. The SMILES string of the molecule is CC(NC(=O)/C=C/c1ccccc1)C(=O)N(C)C1CCc2ccccc2C1. The van der Waals surface area contributed by atoms with Crippen molar-refractivity contribution in [1.82, 2.24) is 10.2 Å². The number of nitrogens with zero attached hydrogens (tertiary/aromatic N) is 1. The zero-order valence-corrected chi connectivity index (χ0v) is 15.9. The van der Waals surface area contributed by atoms with Crippen LogP contribution in [0, 0.1) is 0 Å². The fraction of sp³-hybridized carbons (Fsp3) is 0.304. The lowest BCUT2D eigenvalue weighted by Crippen LogP contribution is -2.50. The molecule has 0 radical (unpaired) electrons. The Balaban J connectivity index is 1.55. The van der Waals surface area contributed by atoms with E-state index in [-0.39, 0.29) is 17.9 Å². The van der Waals surface area contributed by atoms with Gasteiger partial charge in [-0.15, -0.1) is 0 Å². The molecule has 0 aliphatic heterocycles. The maximum absolute atomic E-state index is 12.8. The Morgan fingerprint density at radius 3 is 2.48 bits per heavy atom. The first-order valence-corrected chi connectivity index (χ1v) is 9.41. The van der Waals surface area contributed by atoms with Gasteiger partial charge in [0, 0.05) is 19.2 Å². The number of likely N-dealkylation sites (N-methyl/N-ethyl adjacent to an activating group) is 1. The molecule has 0 saturated heterocycles. The van der Waals surface area contributed by atoms with Crippen molar-refractivity contribution in [2.24, 2.45) is 0 Å². The van der Waals surface area contributed by atoms with Gasteiger partial charge in [-0.25, -0.2) is 0 Å². The van der Waals surface area contributed by atoms with Crippen LogP contribution in [0.1, 0.15) is 30.0 Å². The zero-order chi connectivity index (χ0) is 19.2.